The van der Waals surface area contributed by atoms with Crippen molar-refractivity contribution in [3.63, 3.8) is 0 Å². The molecule has 0 atom stereocenters. The highest BCUT2D eigenvalue weighted by molar-refractivity contribution is 5.79. The largest absolute Gasteiger partial charge is 0.419 e. The van der Waals surface area contributed by atoms with E-state index in [4.69, 9.17) is 4.42 Å². The lowest BCUT2D eigenvalue weighted by molar-refractivity contribution is -0.139. The van der Waals surface area contributed by atoms with E-state index in [9.17, 15) is 14.4 Å². The van der Waals surface area contributed by atoms with Crippen LogP contribution < -0.4 is 5.76 Å². The van der Waals surface area contributed by atoms with E-state index in [0.717, 1.165) is 12.3 Å². The highest BCUT2D eigenvalue weighted by Gasteiger charge is 2.25. The second kappa shape index (κ2) is 8.84. The Balaban J connectivity index is 1.24. The standard InChI is InChI=1S/C22H29N3O4/c26-20(10-9-17-5-1-2-6-17)23-13-15-24(16-14-23)21(27)11-12-25-18-7-3-4-8-19(18)29-22(25)28/h3-4,7-8,17H,1-2,5-6,9-16H2. The van der Waals surface area contributed by atoms with E-state index in [1.54, 1.807) is 11.0 Å². The zero-order valence-electron chi connectivity index (χ0n) is 16.8. The lowest BCUT2D eigenvalue weighted by atomic mass is 10.0. The van der Waals surface area contributed by atoms with Crippen molar-refractivity contribution in [3.8, 4) is 0 Å². The second-order valence-corrected chi connectivity index (χ2v) is 8.19. The summed E-state index contributed by atoms with van der Waals surface area (Å²) in [5.74, 6) is 0.529. The number of rotatable bonds is 6. The number of carbonyl (C=O) groups excluding carboxylic acids is 2. The molecule has 4 rings (SSSR count). The van der Waals surface area contributed by atoms with Crippen molar-refractivity contribution >= 4 is 22.9 Å². The number of piperazine rings is 1. The first-order valence-electron chi connectivity index (χ1n) is 10.8. The molecule has 2 amide bonds. The molecule has 7 nitrogen and oxygen atoms in total. The van der Waals surface area contributed by atoms with Gasteiger partial charge in [-0.3, -0.25) is 14.2 Å². The molecular weight excluding hydrogens is 370 g/mol. The summed E-state index contributed by atoms with van der Waals surface area (Å²) >= 11 is 0. The Hall–Kier alpha value is -2.57. The summed E-state index contributed by atoms with van der Waals surface area (Å²) < 4.78 is 6.73. The van der Waals surface area contributed by atoms with E-state index < -0.39 is 5.76 Å². The Labute approximate surface area is 170 Å². The minimum atomic E-state index is -0.434. The maximum absolute atomic E-state index is 12.6. The lowest BCUT2D eigenvalue weighted by Crippen LogP contribution is -2.50. The first kappa shape index (κ1) is 19.7. The van der Waals surface area contributed by atoms with E-state index in [0.29, 0.717) is 50.2 Å². The highest BCUT2D eigenvalue weighted by Crippen LogP contribution is 2.28. The van der Waals surface area contributed by atoms with Gasteiger partial charge >= 0.3 is 5.76 Å². The second-order valence-electron chi connectivity index (χ2n) is 8.19. The molecule has 2 fully saturated rings. The predicted molar refractivity (Wildman–Crippen MR) is 109 cm³/mol. The number of amides is 2. The zero-order valence-corrected chi connectivity index (χ0v) is 16.8. The number of benzene rings is 1. The number of carbonyl (C=O) groups is 2. The van der Waals surface area contributed by atoms with Crippen LogP contribution in [0, 0.1) is 5.92 Å². The van der Waals surface area contributed by atoms with Crippen LogP contribution in [-0.2, 0) is 16.1 Å². The van der Waals surface area contributed by atoms with Crippen molar-refractivity contribution in [1.29, 1.82) is 0 Å². The van der Waals surface area contributed by atoms with Crippen LogP contribution in [0.25, 0.3) is 11.1 Å². The summed E-state index contributed by atoms with van der Waals surface area (Å²) in [6.45, 7) is 2.63. The van der Waals surface area contributed by atoms with Crippen LogP contribution in [0.5, 0.6) is 0 Å². The lowest BCUT2D eigenvalue weighted by Gasteiger charge is -2.35. The number of aromatic nitrogens is 1. The molecule has 1 aromatic heterocycles. The fourth-order valence-electron chi connectivity index (χ4n) is 4.58. The van der Waals surface area contributed by atoms with Crippen molar-refractivity contribution in [2.45, 2.75) is 51.5 Å². The van der Waals surface area contributed by atoms with E-state index in [1.165, 1.54) is 30.3 Å². The third-order valence-corrected chi connectivity index (χ3v) is 6.35. The normalized spacial score (nSPS) is 17.9. The Morgan fingerprint density at radius 1 is 0.931 bits per heavy atom. The van der Waals surface area contributed by atoms with Gasteiger partial charge in [0.15, 0.2) is 5.58 Å². The van der Waals surface area contributed by atoms with Gasteiger partial charge in [0.25, 0.3) is 0 Å². The average molecular weight is 399 g/mol. The Morgan fingerprint density at radius 2 is 1.55 bits per heavy atom. The molecule has 0 unspecified atom stereocenters. The Bertz CT molecular complexity index is 918. The number of oxazole rings is 1. The monoisotopic (exact) mass is 399 g/mol. The minimum absolute atomic E-state index is 0.0141. The molecule has 7 heteroatoms. The van der Waals surface area contributed by atoms with Crippen molar-refractivity contribution < 1.29 is 14.0 Å². The van der Waals surface area contributed by atoms with Gasteiger partial charge in [-0.05, 0) is 24.5 Å². The van der Waals surface area contributed by atoms with Crippen LogP contribution in [0.3, 0.4) is 0 Å². The van der Waals surface area contributed by atoms with Gasteiger partial charge in [-0.1, -0.05) is 37.8 Å². The third kappa shape index (κ3) is 4.54. The van der Waals surface area contributed by atoms with Crippen LogP contribution in [0.15, 0.2) is 33.5 Å². The van der Waals surface area contributed by atoms with Gasteiger partial charge in [0.1, 0.15) is 0 Å². The fourth-order valence-corrected chi connectivity index (χ4v) is 4.58. The molecule has 1 aromatic carbocycles. The van der Waals surface area contributed by atoms with Crippen molar-refractivity contribution in [2.75, 3.05) is 26.2 Å². The van der Waals surface area contributed by atoms with Crippen LogP contribution in [0.2, 0.25) is 0 Å². The molecular formula is C22H29N3O4. The van der Waals surface area contributed by atoms with Gasteiger partial charge in [-0.15, -0.1) is 0 Å². The molecule has 1 saturated carbocycles. The van der Waals surface area contributed by atoms with Crippen LogP contribution >= 0.6 is 0 Å². The Morgan fingerprint density at radius 3 is 2.24 bits per heavy atom. The summed E-state index contributed by atoms with van der Waals surface area (Å²) in [7, 11) is 0. The molecule has 29 heavy (non-hydrogen) atoms. The molecule has 1 saturated heterocycles. The summed E-state index contributed by atoms with van der Waals surface area (Å²) in [6.07, 6.45) is 7.04. The Kier molecular flexibility index (Phi) is 6.02. The minimum Gasteiger partial charge on any atom is -0.408 e. The SMILES string of the molecule is O=C(CCC1CCCC1)N1CCN(C(=O)CCn2c(=O)oc3ccccc32)CC1. The molecule has 0 N–H and O–H groups in total. The van der Waals surface area contributed by atoms with Crippen molar-refractivity contribution in [3.05, 3.63) is 34.8 Å². The topological polar surface area (TPSA) is 75.8 Å². The maximum atomic E-state index is 12.6. The predicted octanol–water partition coefficient (Wildman–Crippen LogP) is 2.63. The number of nitrogens with zero attached hydrogens (tertiary/aromatic N) is 3. The molecule has 1 aliphatic heterocycles. The summed E-state index contributed by atoms with van der Waals surface area (Å²) in [5.41, 5.74) is 1.25. The molecule has 2 aromatic rings. The maximum Gasteiger partial charge on any atom is 0.419 e. The summed E-state index contributed by atoms with van der Waals surface area (Å²) in [4.78, 5) is 40.8. The molecule has 0 bridgehead atoms. The van der Waals surface area contributed by atoms with Gasteiger partial charge in [0.05, 0.1) is 5.52 Å². The van der Waals surface area contributed by atoms with E-state index in [-0.39, 0.29) is 18.2 Å². The number of hydrogen-bond donors (Lipinski definition) is 0. The smallest absolute Gasteiger partial charge is 0.408 e. The average Bonchev–Trinajstić information content (AvgIpc) is 3.37. The van der Waals surface area contributed by atoms with E-state index in [2.05, 4.69) is 0 Å². The van der Waals surface area contributed by atoms with Crippen molar-refractivity contribution in [2.24, 2.45) is 5.92 Å². The van der Waals surface area contributed by atoms with Crippen LogP contribution in [0.4, 0.5) is 0 Å². The van der Waals surface area contributed by atoms with Gasteiger partial charge in [0, 0.05) is 45.6 Å². The zero-order chi connectivity index (χ0) is 20.2. The van der Waals surface area contributed by atoms with Crippen LogP contribution in [-0.4, -0.2) is 52.4 Å². The van der Waals surface area contributed by atoms with Crippen molar-refractivity contribution in [1.82, 2.24) is 14.4 Å². The number of aryl methyl sites for hydroxylation is 1. The molecule has 0 radical (unpaired) electrons. The van der Waals surface area contributed by atoms with Gasteiger partial charge < -0.3 is 14.2 Å². The van der Waals surface area contributed by atoms with E-state index >= 15 is 0 Å². The first-order chi connectivity index (χ1) is 14.1. The number of hydrogen-bond acceptors (Lipinski definition) is 4. The van der Waals surface area contributed by atoms with Gasteiger partial charge in [-0.25, -0.2) is 4.79 Å². The molecule has 2 heterocycles. The summed E-state index contributed by atoms with van der Waals surface area (Å²) in [6, 6.07) is 7.23. The van der Waals surface area contributed by atoms with Crippen LogP contribution in [0.1, 0.15) is 44.9 Å². The highest BCUT2D eigenvalue weighted by atomic mass is 16.4. The third-order valence-electron chi connectivity index (χ3n) is 6.35. The summed E-state index contributed by atoms with van der Waals surface area (Å²) in [5, 5.41) is 0. The van der Waals surface area contributed by atoms with E-state index in [1.807, 2.05) is 23.1 Å². The number of para-hydroxylation sites is 2. The fraction of sp³-hybridized carbons (Fsp3) is 0.591. The quantitative estimate of drug-likeness (QED) is 0.748. The molecule has 0 spiro atoms. The van der Waals surface area contributed by atoms with Gasteiger partial charge in [0.2, 0.25) is 11.8 Å². The molecule has 156 valence electrons. The molecule has 2 aliphatic rings. The first-order valence-corrected chi connectivity index (χ1v) is 10.8. The molecule has 1 aliphatic carbocycles. The number of fused-ring (bicyclic) bond motifs is 1. The van der Waals surface area contributed by atoms with Gasteiger partial charge in [-0.2, -0.15) is 0 Å².